The third-order valence-corrected chi connectivity index (χ3v) is 5.38. The standard InChI is InChI=1S/C18H31N3O/c1-3-18(4-2,10-14-22)15-20-16-8-12-21(13-9-16)17-7-5-6-11-19-17/h5-7,11,16,20,22H,3-4,8-10,12-15H2,1-2H3. The number of hydrogen-bond acceptors (Lipinski definition) is 4. The van der Waals surface area contributed by atoms with Gasteiger partial charge in [-0.1, -0.05) is 19.9 Å². The first-order chi connectivity index (χ1) is 10.7. The highest BCUT2D eigenvalue weighted by Crippen LogP contribution is 2.30. The van der Waals surface area contributed by atoms with Gasteiger partial charge in [-0.25, -0.2) is 4.98 Å². The van der Waals surface area contributed by atoms with E-state index in [1.807, 2.05) is 12.3 Å². The highest BCUT2D eigenvalue weighted by atomic mass is 16.3. The van der Waals surface area contributed by atoms with Gasteiger partial charge in [-0.3, -0.25) is 0 Å². The molecular formula is C18H31N3O. The molecule has 2 rings (SSSR count). The lowest BCUT2D eigenvalue weighted by molar-refractivity contribution is 0.157. The molecule has 0 spiro atoms. The molecule has 0 atom stereocenters. The number of rotatable bonds is 8. The number of aliphatic hydroxyl groups excluding tert-OH is 1. The van der Waals surface area contributed by atoms with Crippen molar-refractivity contribution >= 4 is 5.82 Å². The number of piperidine rings is 1. The lowest BCUT2D eigenvalue weighted by atomic mass is 9.79. The summed E-state index contributed by atoms with van der Waals surface area (Å²) in [6.45, 7) is 7.94. The van der Waals surface area contributed by atoms with Crippen LogP contribution in [0, 0.1) is 5.41 Å². The lowest BCUT2D eigenvalue weighted by Gasteiger charge is -2.37. The molecule has 0 aliphatic carbocycles. The number of pyridine rings is 1. The highest BCUT2D eigenvalue weighted by molar-refractivity contribution is 5.38. The molecule has 22 heavy (non-hydrogen) atoms. The van der Waals surface area contributed by atoms with Crippen molar-refractivity contribution < 1.29 is 5.11 Å². The molecule has 2 N–H and O–H groups in total. The Balaban J connectivity index is 1.80. The number of aromatic nitrogens is 1. The average Bonchev–Trinajstić information content (AvgIpc) is 2.60. The van der Waals surface area contributed by atoms with E-state index in [-0.39, 0.29) is 5.41 Å². The normalized spacial score (nSPS) is 17.0. The fourth-order valence-electron chi connectivity index (χ4n) is 3.39. The predicted octanol–water partition coefficient (Wildman–Crippen LogP) is 2.83. The van der Waals surface area contributed by atoms with Crippen LogP contribution in [-0.4, -0.2) is 42.4 Å². The molecule has 2 heterocycles. The number of aliphatic hydroxyl groups is 1. The minimum absolute atomic E-state index is 0.257. The molecule has 1 aliphatic rings. The summed E-state index contributed by atoms with van der Waals surface area (Å²) >= 11 is 0. The zero-order chi connectivity index (χ0) is 15.8. The summed E-state index contributed by atoms with van der Waals surface area (Å²) in [5.41, 5.74) is 0.257. The number of hydrogen-bond donors (Lipinski definition) is 2. The van der Waals surface area contributed by atoms with Crippen LogP contribution in [0.15, 0.2) is 24.4 Å². The molecule has 0 saturated carbocycles. The third-order valence-electron chi connectivity index (χ3n) is 5.38. The second-order valence-electron chi connectivity index (χ2n) is 6.51. The van der Waals surface area contributed by atoms with Crippen LogP contribution in [0.1, 0.15) is 46.0 Å². The first-order valence-corrected chi connectivity index (χ1v) is 8.73. The Bertz CT molecular complexity index is 412. The van der Waals surface area contributed by atoms with Crippen molar-refractivity contribution in [2.45, 2.75) is 52.0 Å². The van der Waals surface area contributed by atoms with Gasteiger partial charge in [-0.2, -0.15) is 0 Å². The second-order valence-corrected chi connectivity index (χ2v) is 6.51. The Kier molecular flexibility index (Phi) is 6.65. The zero-order valence-corrected chi connectivity index (χ0v) is 14.1. The van der Waals surface area contributed by atoms with Gasteiger partial charge in [0, 0.05) is 38.5 Å². The predicted molar refractivity (Wildman–Crippen MR) is 92.2 cm³/mol. The molecule has 1 fully saturated rings. The van der Waals surface area contributed by atoms with E-state index in [1.165, 1.54) is 12.8 Å². The monoisotopic (exact) mass is 305 g/mol. The van der Waals surface area contributed by atoms with Crippen LogP contribution in [0.4, 0.5) is 5.82 Å². The van der Waals surface area contributed by atoms with Gasteiger partial charge in [0.25, 0.3) is 0 Å². The summed E-state index contributed by atoms with van der Waals surface area (Å²) in [6, 6.07) is 6.71. The quantitative estimate of drug-likeness (QED) is 0.775. The maximum atomic E-state index is 9.32. The lowest BCUT2D eigenvalue weighted by Crippen LogP contribution is -2.46. The fraction of sp³-hybridized carbons (Fsp3) is 0.722. The van der Waals surface area contributed by atoms with Crippen molar-refractivity contribution in [3.05, 3.63) is 24.4 Å². The summed E-state index contributed by atoms with van der Waals surface area (Å²) in [5, 5.41) is 13.1. The molecule has 0 amide bonds. The SMILES string of the molecule is CCC(CC)(CCO)CNC1CCN(c2ccccn2)CC1. The summed E-state index contributed by atoms with van der Waals surface area (Å²) in [7, 11) is 0. The van der Waals surface area contributed by atoms with Crippen LogP contribution in [0.5, 0.6) is 0 Å². The molecule has 0 aromatic carbocycles. The molecule has 1 aromatic heterocycles. The average molecular weight is 305 g/mol. The maximum Gasteiger partial charge on any atom is 0.128 e. The fourth-order valence-corrected chi connectivity index (χ4v) is 3.39. The van der Waals surface area contributed by atoms with Gasteiger partial charge in [-0.05, 0) is 49.7 Å². The molecular weight excluding hydrogens is 274 g/mol. The van der Waals surface area contributed by atoms with Crippen molar-refractivity contribution in [1.82, 2.24) is 10.3 Å². The van der Waals surface area contributed by atoms with Crippen LogP contribution < -0.4 is 10.2 Å². The van der Waals surface area contributed by atoms with Crippen molar-refractivity contribution in [2.75, 3.05) is 31.1 Å². The van der Waals surface area contributed by atoms with Gasteiger partial charge in [0.05, 0.1) is 0 Å². The Morgan fingerprint density at radius 1 is 1.27 bits per heavy atom. The molecule has 1 aromatic rings. The van der Waals surface area contributed by atoms with Crippen molar-refractivity contribution in [2.24, 2.45) is 5.41 Å². The topological polar surface area (TPSA) is 48.4 Å². The van der Waals surface area contributed by atoms with Gasteiger partial charge in [0.1, 0.15) is 5.82 Å². The van der Waals surface area contributed by atoms with Crippen molar-refractivity contribution in [3.63, 3.8) is 0 Å². The summed E-state index contributed by atoms with van der Waals surface area (Å²) in [6.07, 6.45) is 7.36. The number of nitrogens with zero attached hydrogens (tertiary/aromatic N) is 2. The van der Waals surface area contributed by atoms with E-state index in [2.05, 4.69) is 41.2 Å². The van der Waals surface area contributed by atoms with Crippen molar-refractivity contribution in [3.8, 4) is 0 Å². The molecule has 4 nitrogen and oxygen atoms in total. The van der Waals surface area contributed by atoms with E-state index in [0.717, 1.165) is 44.7 Å². The van der Waals surface area contributed by atoms with E-state index >= 15 is 0 Å². The molecule has 0 radical (unpaired) electrons. The van der Waals surface area contributed by atoms with Gasteiger partial charge < -0.3 is 15.3 Å². The minimum atomic E-state index is 0.257. The van der Waals surface area contributed by atoms with Crippen LogP contribution >= 0.6 is 0 Å². The van der Waals surface area contributed by atoms with Crippen molar-refractivity contribution in [1.29, 1.82) is 0 Å². The van der Waals surface area contributed by atoms with Crippen LogP contribution in [0.25, 0.3) is 0 Å². The molecule has 1 saturated heterocycles. The Morgan fingerprint density at radius 3 is 2.55 bits per heavy atom. The molecule has 1 aliphatic heterocycles. The third kappa shape index (κ3) is 4.43. The number of nitrogens with one attached hydrogen (secondary N) is 1. The summed E-state index contributed by atoms with van der Waals surface area (Å²) in [5.74, 6) is 1.10. The number of anilines is 1. The second kappa shape index (κ2) is 8.49. The molecule has 0 bridgehead atoms. The van der Waals surface area contributed by atoms with E-state index < -0.39 is 0 Å². The highest BCUT2D eigenvalue weighted by Gasteiger charge is 2.27. The smallest absolute Gasteiger partial charge is 0.128 e. The largest absolute Gasteiger partial charge is 0.396 e. The molecule has 124 valence electrons. The van der Waals surface area contributed by atoms with E-state index in [9.17, 15) is 5.11 Å². The summed E-state index contributed by atoms with van der Waals surface area (Å²) in [4.78, 5) is 6.82. The van der Waals surface area contributed by atoms with E-state index in [0.29, 0.717) is 12.6 Å². The molecule has 4 heteroatoms. The summed E-state index contributed by atoms with van der Waals surface area (Å²) < 4.78 is 0. The first-order valence-electron chi connectivity index (χ1n) is 8.73. The van der Waals surface area contributed by atoms with Crippen LogP contribution in [-0.2, 0) is 0 Å². The Labute approximate surface area is 134 Å². The zero-order valence-electron chi connectivity index (χ0n) is 14.1. The van der Waals surface area contributed by atoms with Gasteiger partial charge in [0.2, 0.25) is 0 Å². The Hall–Kier alpha value is -1.13. The van der Waals surface area contributed by atoms with Crippen LogP contribution in [0.2, 0.25) is 0 Å². The minimum Gasteiger partial charge on any atom is -0.396 e. The van der Waals surface area contributed by atoms with Gasteiger partial charge >= 0.3 is 0 Å². The van der Waals surface area contributed by atoms with Crippen LogP contribution in [0.3, 0.4) is 0 Å². The maximum absolute atomic E-state index is 9.32. The van der Waals surface area contributed by atoms with E-state index in [4.69, 9.17) is 0 Å². The van der Waals surface area contributed by atoms with Gasteiger partial charge in [0.15, 0.2) is 0 Å². The Morgan fingerprint density at radius 2 is 2.00 bits per heavy atom. The first kappa shape index (κ1) is 17.2. The molecule has 0 unspecified atom stereocenters. The van der Waals surface area contributed by atoms with Gasteiger partial charge in [-0.15, -0.1) is 0 Å². The van der Waals surface area contributed by atoms with E-state index in [1.54, 1.807) is 0 Å².